The molecule has 20 heavy (non-hydrogen) atoms. The first-order chi connectivity index (χ1) is 9.70. The van der Waals surface area contributed by atoms with E-state index in [-0.39, 0.29) is 18.6 Å². The number of hydrogen-bond donors (Lipinski definition) is 1. The van der Waals surface area contributed by atoms with Crippen LogP contribution in [0.5, 0.6) is 0 Å². The van der Waals surface area contributed by atoms with Gasteiger partial charge in [-0.3, -0.25) is 4.79 Å². The van der Waals surface area contributed by atoms with E-state index in [0.29, 0.717) is 13.0 Å². The molecule has 0 fully saturated rings. The van der Waals surface area contributed by atoms with Crippen LogP contribution in [-0.4, -0.2) is 38.1 Å². The normalized spacial score (nSPS) is 22.4. The fourth-order valence-corrected chi connectivity index (χ4v) is 3.14. The standard InChI is InChI=1S/C15H21N3O2/c1-17-10-16-13-8-18(12(9-19)7-14(13)17)15(20)11-5-3-2-4-6-11/h5,10,12,19H,2-4,6-9H2,1H3. The van der Waals surface area contributed by atoms with Crippen LogP contribution in [0.2, 0.25) is 0 Å². The van der Waals surface area contributed by atoms with E-state index >= 15 is 0 Å². The molecule has 1 N–H and O–H groups in total. The summed E-state index contributed by atoms with van der Waals surface area (Å²) in [6.45, 7) is 0.515. The zero-order chi connectivity index (χ0) is 14.1. The molecule has 2 aliphatic rings. The average Bonchev–Trinajstić information content (AvgIpc) is 2.87. The van der Waals surface area contributed by atoms with Gasteiger partial charge in [-0.1, -0.05) is 6.08 Å². The maximum atomic E-state index is 12.7. The van der Waals surface area contributed by atoms with Gasteiger partial charge in [0.05, 0.1) is 31.2 Å². The van der Waals surface area contributed by atoms with Crippen LogP contribution < -0.4 is 0 Å². The lowest BCUT2D eigenvalue weighted by Crippen LogP contribution is -2.47. The summed E-state index contributed by atoms with van der Waals surface area (Å²) in [5.74, 6) is 0.0834. The molecular weight excluding hydrogens is 254 g/mol. The summed E-state index contributed by atoms with van der Waals surface area (Å²) in [4.78, 5) is 18.8. The van der Waals surface area contributed by atoms with Gasteiger partial charge in [-0.15, -0.1) is 0 Å². The van der Waals surface area contributed by atoms with E-state index in [1.54, 1.807) is 11.2 Å². The lowest BCUT2D eigenvalue weighted by molar-refractivity contribution is -0.131. The van der Waals surface area contributed by atoms with Crippen molar-refractivity contribution in [2.24, 2.45) is 7.05 Å². The monoisotopic (exact) mass is 275 g/mol. The summed E-state index contributed by atoms with van der Waals surface area (Å²) in [6, 6.07) is -0.131. The largest absolute Gasteiger partial charge is 0.394 e. The Labute approximate surface area is 118 Å². The summed E-state index contributed by atoms with van der Waals surface area (Å²) in [7, 11) is 1.96. The van der Waals surface area contributed by atoms with Crippen LogP contribution in [0, 0.1) is 0 Å². The quantitative estimate of drug-likeness (QED) is 0.881. The number of aromatic nitrogens is 2. The fourth-order valence-electron chi connectivity index (χ4n) is 3.14. The smallest absolute Gasteiger partial charge is 0.250 e. The molecule has 1 unspecified atom stereocenters. The predicted octanol–water partition coefficient (Wildman–Crippen LogP) is 1.17. The van der Waals surface area contributed by atoms with Crippen LogP contribution in [-0.2, 0) is 24.8 Å². The average molecular weight is 275 g/mol. The number of nitrogens with zero attached hydrogens (tertiary/aromatic N) is 3. The number of aryl methyl sites for hydroxylation is 1. The maximum absolute atomic E-state index is 12.7. The molecule has 5 nitrogen and oxygen atoms in total. The van der Waals surface area contributed by atoms with E-state index in [1.165, 1.54) is 6.42 Å². The molecule has 1 aliphatic carbocycles. The summed E-state index contributed by atoms with van der Waals surface area (Å²) >= 11 is 0. The van der Waals surface area contributed by atoms with Crippen LogP contribution in [0.25, 0.3) is 0 Å². The van der Waals surface area contributed by atoms with Gasteiger partial charge in [0, 0.05) is 24.7 Å². The highest BCUT2D eigenvalue weighted by molar-refractivity contribution is 5.93. The first-order valence-corrected chi connectivity index (χ1v) is 7.30. The molecule has 1 amide bonds. The van der Waals surface area contributed by atoms with Crippen LogP contribution in [0.1, 0.15) is 37.1 Å². The summed E-state index contributed by atoms with van der Waals surface area (Å²) < 4.78 is 1.99. The number of carbonyl (C=O) groups excluding carboxylic acids is 1. The number of imidazole rings is 1. The van der Waals surface area contributed by atoms with Gasteiger partial charge < -0.3 is 14.6 Å². The van der Waals surface area contributed by atoms with Crippen molar-refractivity contribution >= 4 is 5.91 Å². The van der Waals surface area contributed by atoms with Crippen LogP contribution in [0.4, 0.5) is 0 Å². The molecule has 1 aromatic heterocycles. The number of rotatable bonds is 2. The summed E-state index contributed by atoms with van der Waals surface area (Å²) in [6.07, 6.45) is 8.65. The molecule has 1 aliphatic heterocycles. The van der Waals surface area contributed by atoms with Crippen LogP contribution in [0.3, 0.4) is 0 Å². The maximum Gasteiger partial charge on any atom is 0.250 e. The number of allylic oxidation sites excluding steroid dienone is 1. The zero-order valence-corrected chi connectivity index (χ0v) is 11.9. The molecule has 2 heterocycles. The number of amides is 1. The Morgan fingerprint density at radius 2 is 2.35 bits per heavy atom. The molecule has 5 heteroatoms. The molecule has 0 saturated heterocycles. The molecule has 0 bridgehead atoms. The molecular formula is C15H21N3O2. The van der Waals surface area contributed by atoms with Crippen molar-refractivity contribution in [3.8, 4) is 0 Å². The SMILES string of the molecule is Cn1cnc2c1CC(CO)N(C(=O)C1=CCCCC1)C2. The molecule has 0 radical (unpaired) electrons. The number of hydrogen-bond acceptors (Lipinski definition) is 3. The van der Waals surface area contributed by atoms with Crippen molar-refractivity contribution in [3.63, 3.8) is 0 Å². The minimum Gasteiger partial charge on any atom is -0.394 e. The number of carbonyl (C=O) groups is 1. The lowest BCUT2D eigenvalue weighted by Gasteiger charge is -2.35. The highest BCUT2D eigenvalue weighted by Gasteiger charge is 2.33. The molecule has 108 valence electrons. The van der Waals surface area contributed by atoms with Crippen LogP contribution in [0.15, 0.2) is 18.0 Å². The molecule has 0 spiro atoms. The Bertz CT molecular complexity index is 547. The Morgan fingerprint density at radius 3 is 3.05 bits per heavy atom. The van der Waals surface area contributed by atoms with E-state index in [2.05, 4.69) is 11.1 Å². The molecule has 0 aromatic carbocycles. The molecule has 3 rings (SSSR count). The highest BCUT2D eigenvalue weighted by Crippen LogP contribution is 2.26. The predicted molar refractivity (Wildman–Crippen MR) is 74.9 cm³/mol. The van der Waals surface area contributed by atoms with Gasteiger partial charge in [0.1, 0.15) is 0 Å². The molecule has 1 aromatic rings. The summed E-state index contributed by atoms with van der Waals surface area (Å²) in [5.41, 5.74) is 3.00. The van der Waals surface area contributed by atoms with Crippen molar-refractivity contribution in [3.05, 3.63) is 29.4 Å². The Morgan fingerprint density at radius 1 is 1.50 bits per heavy atom. The lowest BCUT2D eigenvalue weighted by atomic mass is 9.96. The number of fused-ring (bicyclic) bond motifs is 1. The van der Waals surface area contributed by atoms with Crippen molar-refractivity contribution in [1.29, 1.82) is 0 Å². The molecule has 1 atom stereocenters. The topological polar surface area (TPSA) is 58.4 Å². The van der Waals surface area contributed by atoms with Gasteiger partial charge in [-0.05, 0) is 25.7 Å². The van der Waals surface area contributed by atoms with Gasteiger partial charge in [0.25, 0.3) is 0 Å². The number of aliphatic hydroxyl groups excluding tert-OH is 1. The van der Waals surface area contributed by atoms with Crippen molar-refractivity contribution in [2.75, 3.05) is 6.61 Å². The van der Waals surface area contributed by atoms with Gasteiger partial charge in [-0.2, -0.15) is 0 Å². The van der Waals surface area contributed by atoms with Crippen molar-refractivity contribution < 1.29 is 9.90 Å². The van der Waals surface area contributed by atoms with E-state index in [0.717, 1.165) is 36.2 Å². The fraction of sp³-hybridized carbons (Fsp3) is 0.600. The van der Waals surface area contributed by atoms with Crippen molar-refractivity contribution in [2.45, 2.75) is 44.7 Å². The van der Waals surface area contributed by atoms with Gasteiger partial charge in [-0.25, -0.2) is 4.98 Å². The zero-order valence-electron chi connectivity index (χ0n) is 11.9. The third-order valence-corrected chi connectivity index (χ3v) is 4.37. The second kappa shape index (κ2) is 5.40. The minimum absolute atomic E-state index is 0.00361. The highest BCUT2D eigenvalue weighted by atomic mass is 16.3. The third kappa shape index (κ3) is 2.26. The third-order valence-electron chi connectivity index (χ3n) is 4.37. The second-order valence-electron chi connectivity index (χ2n) is 5.70. The second-order valence-corrected chi connectivity index (χ2v) is 5.70. The number of aliphatic hydroxyl groups is 1. The first-order valence-electron chi connectivity index (χ1n) is 7.30. The minimum atomic E-state index is -0.131. The van der Waals surface area contributed by atoms with E-state index in [9.17, 15) is 9.90 Å². The molecule has 0 saturated carbocycles. The van der Waals surface area contributed by atoms with Gasteiger partial charge in [0.15, 0.2) is 0 Å². The Hall–Kier alpha value is -1.62. The van der Waals surface area contributed by atoms with Gasteiger partial charge in [0.2, 0.25) is 5.91 Å². The van der Waals surface area contributed by atoms with E-state index < -0.39 is 0 Å². The Balaban J connectivity index is 1.85. The van der Waals surface area contributed by atoms with Crippen molar-refractivity contribution in [1.82, 2.24) is 14.5 Å². The Kier molecular flexibility index (Phi) is 3.61. The van der Waals surface area contributed by atoms with E-state index in [4.69, 9.17) is 0 Å². The van der Waals surface area contributed by atoms with Gasteiger partial charge >= 0.3 is 0 Å². The van der Waals surface area contributed by atoms with Crippen LogP contribution >= 0.6 is 0 Å². The first kappa shape index (κ1) is 13.4. The summed E-state index contributed by atoms with van der Waals surface area (Å²) in [5, 5.41) is 9.62. The van der Waals surface area contributed by atoms with E-state index in [1.807, 2.05) is 11.6 Å².